The van der Waals surface area contributed by atoms with Crippen LogP contribution < -0.4 is 5.73 Å². The van der Waals surface area contributed by atoms with Gasteiger partial charge < -0.3 is 5.73 Å². The summed E-state index contributed by atoms with van der Waals surface area (Å²) in [4.78, 5) is 2.29. The molecule has 0 aromatic heterocycles. The maximum Gasteiger partial charge on any atom is 0.416 e. The standard InChI is InChI=1S/C16H23F3N2/c1-2-14-8-3-4-9-21(14)15(11-20)12-6-5-7-13(10-12)16(17,18)19/h5-7,10,14-15H,2-4,8-9,11,20H2,1H3. The normalized spacial score (nSPS) is 22.2. The molecule has 2 rings (SSSR count). The van der Waals surface area contributed by atoms with Crippen molar-refractivity contribution in [2.75, 3.05) is 13.1 Å². The van der Waals surface area contributed by atoms with Crippen LogP contribution in [0.4, 0.5) is 13.2 Å². The predicted octanol–water partition coefficient (Wildman–Crippen LogP) is 3.97. The minimum absolute atomic E-state index is 0.127. The van der Waals surface area contributed by atoms with Crippen LogP contribution in [0.5, 0.6) is 0 Å². The molecule has 2 atom stereocenters. The van der Waals surface area contributed by atoms with Gasteiger partial charge in [0.15, 0.2) is 0 Å². The lowest BCUT2D eigenvalue weighted by Gasteiger charge is -2.41. The number of halogens is 3. The summed E-state index contributed by atoms with van der Waals surface area (Å²) in [6, 6.07) is 5.89. The third-order valence-electron chi connectivity index (χ3n) is 4.37. The molecule has 1 aliphatic rings. The zero-order chi connectivity index (χ0) is 15.5. The number of alkyl halides is 3. The molecule has 1 saturated heterocycles. The Hall–Kier alpha value is -1.07. The van der Waals surface area contributed by atoms with Crippen molar-refractivity contribution in [2.45, 2.75) is 50.9 Å². The lowest BCUT2D eigenvalue weighted by Crippen LogP contribution is -2.44. The highest BCUT2D eigenvalue weighted by molar-refractivity contribution is 5.28. The van der Waals surface area contributed by atoms with Gasteiger partial charge in [-0.15, -0.1) is 0 Å². The zero-order valence-electron chi connectivity index (χ0n) is 12.4. The van der Waals surface area contributed by atoms with Crippen molar-refractivity contribution in [3.8, 4) is 0 Å². The van der Waals surface area contributed by atoms with E-state index in [-0.39, 0.29) is 6.04 Å². The minimum Gasteiger partial charge on any atom is -0.329 e. The molecule has 1 aliphatic heterocycles. The van der Waals surface area contributed by atoms with Gasteiger partial charge in [0.25, 0.3) is 0 Å². The van der Waals surface area contributed by atoms with E-state index in [0.29, 0.717) is 18.2 Å². The monoisotopic (exact) mass is 300 g/mol. The molecule has 1 fully saturated rings. The lowest BCUT2D eigenvalue weighted by atomic mass is 9.94. The van der Waals surface area contributed by atoms with E-state index < -0.39 is 11.7 Å². The number of benzene rings is 1. The predicted molar refractivity (Wildman–Crippen MR) is 77.9 cm³/mol. The van der Waals surface area contributed by atoms with Gasteiger partial charge in [-0.1, -0.05) is 25.5 Å². The quantitative estimate of drug-likeness (QED) is 0.911. The summed E-state index contributed by atoms with van der Waals surface area (Å²) in [5.74, 6) is 0. The molecule has 1 heterocycles. The van der Waals surface area contributed by atoms with Gasteiger partial charge in [-0.25, -0.2) is 0 Å². The van der Waals surface area contributed by atoms with Crippen molar-refractivity contribution in [1.82, 2.24) is 4.90 Å². The topological polar surface area (TPSA) is 29.3 Å². The van der Waals surface area contributed by atoms with Crippen LogP contribution in [0, 0.1) is 0 Å². The van der Waals surface area contributed by atoms with Crippen LogP contribution in [0.15, 0.2) is 24.3 Å². The first-order chi connectivity index (χ1) is 9.97. The number of rotatable bonds is 4. The van der Waals surface area contributed by atoms with Gasteiger partial charge in [0.05, 0.1) is 5.56 Å². The number of likely N-dealkylation sites (tertiary alicyclic amines) is 1. The van der Waals surface area contributed by atoms with E-state index in [4.69, 9.17) is 5.73 Å². The largest absolute Gasteiger partial charge is 0.416 e. The summed E-state index contributed by atoms with van der Waals surface area (Å²) in [5, 5.41) is 0. The minimum atomic E-state index is -4.30. The van der Waals surface area contributed by atoms with E-state index >= 15 is 0 Å². The summed E-state index contributed by atoms with van der Waals surface area (Å²) >= 11 is 0. The van der Waals surface area contributed by atoms with Crippen LogP contribution in [-0.4, -0.2) is 24.0 Å². The van der Waals surface area contributed by atoms with Crippen LogP contribution in [0.1, 0.15) is 49.8 Å². The number of nitrogens with zero attached hydrogens (tertiary/aromatic N) is 1. The van der Waals surface area contributed by atoms with Crippen LogP contribution in [0.25, 0.3) is 0 Å². The van der Waals surface area contributed by atoms with Gasteiger partial charge in [0, 0.05) is 18.6 Å². The Morgan fingerprint density at radius 3 is 2.71 bits per heavy atom. The highest BCUT2D eigenvalue weighted by Crippen LogP contribution is 2.34. The number of hydrogen-bond acceptors (Lipinski definition) is 2. The Bertz CT molecular complexity index is 459. The number of nitrogens with two attached hydrogens (primary N) is 1. The Kier molecular flexibility index (Phi) is 5.27. The van der Waals surface area contributed by atoms with Crippen LogP contribution in [-0.2, 0) is 6.18 Å². The van der Waals surface area contributed by atoms with E-state index in [1.165, 1.54) is 18.6 Å². The van der Waals surface area contributed by atoms with Crippen molar-refractivity contribution in [3.63, 3.8) is 0 Å². The first kappa shape index (κ1) is 16.3. The first-order valence-corrected chi connectivity index (χ1v) is 7.60. The summed E-state index contributed by atoms with van der Waals surface area (Å²) in [6.07, 6.45) is 0.0868. The third kappa shape index (κ3) is 3.77. The summed E-state index contributed by atoms with van der Waals surface area (Å²) in [6.45, 7) is 3.39. The van der Waals surface area contributed by atoms with E-state index in [9.17, 15) is 13.2 Å². The SMILES string of the molecule is CCC1CCCCN1C(CN)c1cccc(C(F)(F)F)c1. The van der Waals surface area contributed by atoms with Crippen LogP contribution >= 0.6 is 0 Å². The van der Waals surface area contributed by atoms with E-state index in [0.717, 1.165) is 31.9 Å². The molecule has 0 aliphatic carbocycles. The second-order valence-corrected chi connectivity index (χ2v) is 5.67. The molecular formula is C16H23F3N2. The Morgan fingerprint density at radius 1 is 1.33 bits per heavy atom. The van der Waals surface area contributed by atoms with Crippen molar-refractivity contribution in [3.05, 3.63) is 35.4 Å². The molecular weight excluding hydrogens is 277 g/mol. The second-order valence-electron chi connectivity index (χ2n) is 5.67. The molecule has 1 aromatic carbocycles. The van der Waals surface area contributed by atoms with Gasteiger partial charge in [-0.05, 0) is 43.5 Å². The molecule has 2 nitrogen and oxygen atoms in total. The molecule has 2 N–H and O–H groups in total. The maximum atomic E-state index is 12.9. The fourth-order valence-corrected chi connectivity index (χ4v) is 3.26. The molecule has 21 heavy (non-hydrogen) atoms. The molecule has 118 valence electrons. The molecule has 5 heteroatoms. The average molecular weight is 300 g/mol. The Labute approximate surface area is 124 Å². The lowest BCUT2D eigenvalue weighted by molar-refractivity contribution is -0.137. The fraction of sp³-hybridized carbons (Fsp3) is 0.625. The average Bonchev–Trinajstić information content (AvgIpc) is 2.48. The molecule has 0 saturated carbocycles. The molecule has 2 unspecified atom stereocenters. The van der Waals surface area contributed by atoms with Crippen LogP contribution in [0.3, 0.4) is 0 Å². The summed E-state index contributed by atoms with van der Waals surface area (Å²) in [7, 11) is 0. The van der Waals surface area contributed by atoms with Crippen molar-refractivity contribution in [2.24, 2.45) is 5.73 Å². The van der Waals surface area contributed by atoms with Crippen LogP contribution in [0.2, 0.25) is 0 Å². The van der Waals surface area contributed by atoms with Gasteiger partial charge >= 0.3 is 6.18 Å². The van der Waals surface area contributed by atoms with E-state index in [2.05, 4.69) is 11.8 Å². The summed E-state index contributed by atoms with van der Waals surface area (Å²) < 4.78 is 38.6. The van der Waals surface area contributed by atoms with Gasteiger partial charge in [-0.3, -0.25) is 4.90 Å². The Balaban J connectivity index is 2.28. The second kappa shape index (κ2) is 6.79. The van der Waals surface area contributed by atoms with E-state index in [1.807, 2.05) is 0 Å². The first-order valence-electron chi connectivity index (χ1n) is 7.60. The number of hydrogen-bond donors (Lipinski definition) is 1. The molecule has 1 aromatic rings. The summed E-state index contributed by atoms with van der Waals surface area (Å²) in [5.41, 5.74) is 5.97. The maximum absolute atomic E-state index is 12.9. The van der Waals surface area contributed by atoms with E-state index in [1.54, 1.807) is 6.07 Å². The molecule has 0 amide bonds. The smallest absolute Gasteiger partial charge is 0.329 e. The third-order valence-corrected chi connectivity index (χ3v) is 4.37. The van der Waals surface area contributed by atoms with Crippen molar-refractivity contribution in [1.29, 1.82) is 0 Å². The Morgan fingerprint density at radius 2 is 2.10 bits per heavy atom. The number of piperidine rings is 1. The molecule has 0 bridgehead atoms. The molecule has 0 spiro atoms. The van der Waals surface area contributed by atoms with Crippen molar-refractivity contribution < 1.29 is 13.2 Å². The van der Waals surface area contributed by atoms with Gasteiger partial charge in [0.2, 0.25) is 0 Å². The fourth-order valence-electron chi connectivity index (χ4n) is 3.26. The van der Waals surface area contributed by atoms with Crippen molar-refractivity contribution >= 4 is 0 Å². The zero-order valence-corrected chi connectivity index (χ0v) is 12.4. The highest BCUT2D eigenvalue weighted by Gasteiger charge is 2.33. The molecule has 0 radical (unpaired) electrons. The van der Waals surface area contributed by atoms with Gasteiger partial charge in [-0.2, -0.15) is 13.2 Å². The highest BCUT2D eigenvalue weighted by atomic mass is 19.4. The van der Waals surface area contributed by atoms with Gasteiger partial charge in [0.1, 0.15) is 0 Å².